The number of thioether (sulfide) groups is 1. The minimum atomic E-state index is -1.21. The maximum Gasteiger partial charge on any atom is 0.341 e. The zero-order valence-corrected chi connectivity index (χ0v) is 9.95. The molecule has 0 saturated carbocycles. The summed E-state index contributed by atoms with van der Waals surface area (Å²) in [6.07, 6.45) is 1.69. The molecule has 0 saturated heterocycles. The third kappa shape index (κ3) is 1.82. The number of carboxylic acid groups (broad SMARTS) is 1. The highest BCUT2D eigenvalue weighted by atomic mass is 32.2. The van der Waals surface area contributed by atoms with Crippen LogP contribution >= 0.6 is 11.8 Å². The van der Waals surface area contributed by atoms with Crippen molar-refractivity contribution in [2.24, 2.45) is 10.9 Å². The van der Waals surface area contributed by atoms with Gasteiger partial charge in [-0.05, 0) is 6.92 Å². The summed E-state index contributed by atoms with van der Waals surface area (Å²) in [5.41, 5.74) is -0.172. The number of pyridine rings is 1. The van der Waals surface area contributed by atoms with E-state index in [0.717, 1.165) is 5.03 Å². The third-order valence-electron chi connectivity index (χ3n) is 2.58. The normalized spacial score (nSPS) is 16.2. The molecule has 2 rings (SSSR count). The van der Waals surface area contributed by atoms with Crippen molar-refractivity contribution in [3.8, 4) is 0 Å². The summed E-state index contributed by atoms with van der Waals surface area (Å²) in [6, 6.07) is 0. The standard InChI is InChI=1S/C10H11N3O3S/c1-2-13-4-6(10(15)16)8(14)5-3-7(12-11)17-9(5)13/h4H,2-3,11H2,1H3,(H,15,16)/b12-7+. The number of hydrogen-bond acceptors (Lipinski definition) is 5. The average molecular weight is 253 g/mol. The van der Waals surface area contributed by atoms with Gasteiger partial charge in [0.05, 0.1) is 5.03 Å². The van der Waals surface area contributed by atoms with Gasteiger partial charge in [-0.2, -0.15) is 5.10 Å². The number of aromatic nitrogens is 1. The van der Waals surface area contributed by atoms with Crippen molar-refractivity contribution in [2.75, 3.05) is 0 Å². The van der Waals surface area contributed by atoms with Crippen LogP contribution in [0.5, 0.6) is 0 Å². The van der Waals surface area contributed by atoms with Crippen LogP contribution in [0.25, 0.3) is 0 Å². The average Bonchev–Trinajstić information content (AvgIpc) is 2.74. The van der Waals surface area contributed by atoms with E-state index in [0.29, 0.717) is 23.6 Å². The van der Waals surface area contributed by atoms with Crippen molar-refractivity contribution in [1.29, 1.82) is 0 Å². The van der Waals surface area contributed by atoms with Crippen LogP contribution in [0.4, 0.5) is 0 Å². The molecule has 0 radical (unpaired) electrons. The van der Waals surface area contributed by atoms with Crippen LogP contribution in [-0.4, -0.2) is 20.7 Å². The first kappa shape index (κ1) is 11.7. The summed E-state index contributed by atoms with van der Waals surface area (Å²) in [5, 5.41) is 13.9. The van der Waals surface area contributed by atoms with Crippen LogP contribution in [0.2, 0.25) is 0 Å². The van der Waals surface area contributed by atoms with Gasteiger partial charge in [0.1, 0.15) is 10.6 Å². The summed E-state index contributed by atoms with van der Waals surface area (Å²) in [7, 11) is 0. The van der Waals surface area contributed by atoms with Crippen molar-refractivity contribution in [1.82, 2.24) is 4.57 Å². The van der Waals surface area contributed by atoms with E-state index in [4.69, 9.17) is 10.9 Å². The van der Waals surface area contributed by atoms with E-state index in [1.54, 1.807) is 4.57 Å². The molecule has 0 aliphatic carbocycles. The predicted octanol–water partition coefficient (Wildman–Crippen LogP) is 0.487. The number of aromatic carboxylic acids is 1. The number of fused-ring (bicyclic) bond motifs is 1. The fourth-order valence-corrected chi connectivity index (χ4v) is 2.82. The quantitative estimate of drug-likeness (QED) is 0.590. The second-order valence-electron chi connectivity index (χ2n) is 3.55. The highest BCUT2D eigenvalue weighted by molar-refractivity contribution is 8.14. The molecule has 1 aromatic rings. The molecule has 90 valence electrons. The molecule has 0 atom stereocenters. The number of aryl methyl sites for hydroxylation is 1. The van der Waals surface area contributed by atoms with Crippen LogP contribution in [0, 0.1) is 0 Å². The molecule has 3 N–H and O–H groups in total. The monoisotopic (exact) mass is 253 g/mol. The SMILES string of the molecule is CCn1cc(C(=O)O)c(=O)c2c1S/C(=N/N)C2. The van der Waals surface area contributed by atoms with Crippen LogP contribution in [0.15, 0.2) is 21.1 Å². The van der Waals surface area contributed by atoms with Gasteiger partial charge in [0.2, 0.25) is 5.43 Å². The lowest BCUT2D eigenvalue weighted by Gasteiger charge is -2.09. The Morgan fingerprint density at radius 2 is 2.41 bits per heavy atom. The Balaban J connectivity index is 2.69. The molecule has 7 heteroatoms. The van der Waals surface area contributed by atoms with Gasteiger partial charge in [-0.1, -0.05) is 11.8 Å². The van der Waals surface area contributed by atoms with Gasteiger partial charge in [0.15, 0.2) is 0 Å². The van der Waals surface area contributed by atoms with Gasteiger partial charge < -0.3 is 15.5 Å². The van der Waals surface area contributed by atoms with Crippen LogP contribution in [0.3, 0.4) is 0 Å². The van der Waals surface area contributed by atoms with E-state index in [1.807, 2.05) is 6.92 Å². The Hall–Kier alpha value is -1.76. The van der Waals surface area contributed by atoms with Gasteiger partial charge >= 0.3 is 5.97 Å². The number of carbonyl (C=O) groups is 1. The van der Waals surface area contributed by atoms with E-state index in [1.165, 1.54) is 18.0 Å². The Kier molecular flexibility index (Phi) is 2.93. The first-order valence-electron chi connectivity index (χ1n) is 5.02. The maximum atomic E-state index is 11.9. The zero-order chi connectivity index (χ0) is 12.6. The van der Waals surface area contributed by atoms with Gasteiger partial charge in [-0.25, -0.2) is 4.79 Å². The van der Waals surface area contributed by atoms with Gasteiger partial charge in [-0.15, -0.1) is 0 Å². The summed E-state index contributed by atoms with van der Waals surface area (Å²) in [5.74, 6) is 3.99. The number of hydrazone groups is 1. The van der Waals surface area contributed by atoms with Crippen LogP contribution < -0.4 is 11.3 Å². The van der Waals surface area contributed by atoms with E-state index < -0.39 is 11.4 Å². The Morgan fingerprint density at radius 3 is 2.94 bits per heavy atom. The molecule has 17 heavy (non-hydrogen) atoms. The molecule has 6 nitrogen and oxygen atoms in total. The molecule has 1 aromatic heterocycles. The lowest BCUT2D eigenvalue weighted by atomic mass is 10.1. The fraction of sp³-hybridized carbons (Fsp3) is 0.300. The molecular formula is C10H11N3O3S. The topological polar surface area (TPSA) is 97.7 Å². The Morgan fingerprint density at radius 1 is 1.71 bits per heavy atom. The second-order valence-corrected chi connectivity index (χ2v) is 4.61. The summed E-state index contributed by atoms with van der Waals surface area (Å²) in [6.45, 7) is 2.47. The Bertz CT molecular complexity index is 577. The van der Waals surface area contributed by atoms with Gasteiger partial charge in [0.25, 0.3) is 0 Å². The van der Waals surface area contributed by atoms with Gasteiger partial charge in [-0.3, -0.25) is 4.79 Å². The number of rotatable bonds is 2. The zero-order valence-electron chi connectivity index (χ0n) is 9.14. The van der Waals surface area contributed by atoms with Crippen molar-refractivity contribution in [3.63, 3.8) is 0 Å². The highest BCUT2D eigenvalue weighted by Crippen LogP contribution is 2.31. The van der Waals surface area contributed by atoms with Crippen LogP contribution in [-0.2, 0) is 13.0 Å². The number of nitrogens with two attached hydrogens (primary N) is 1. The molecule has 0 spiro atoms. The molecule has 0 aromatic carbocycles. The molecule has 0 fully saturated rings. The molecular weight excluding hydrogens is 242 g/mol. The van der Waals surface area contributed by atoms with E-state index >= 15 is 0 Å². The first-order chi connectivity index (χ1) is 8.08. The lowest BCUT2D eigenvalue weighted by Crippen LogP contribution is -2.22. The highest BCUT2D eigenvalue weighted by Gasteiger charge is 2.26. The van der Waals surface area contributed by atoms with Crippen molar-refractivity contribution < 1.29 is 9.90 Å². The summed E-state index contributed by atoms with van der Waals surface area (Å²) < 4.78 is 1.74. The summed E-state index contributed by atoms with van der Waals surface area (Å²) in [4.78, 5) is 22.9. The molecule has 2 heterocycles. The Labute approximate surface area is 101 Å². The minimum Gasteiger partial charge on any atom is -0.477 e. The lowest BCUT2D eigenvalue weighted by molar-refractivity contribution is 0.0694. The smallest absolute Gasteiger partial charge is 0.341 e. The largest absolute Gasteiger partial charge is 0.477 e. The summed E-state index contributed by atoms with van der Waals surface area (Å²) >= 11 is 1.32. The fourth-order valence-electron chi connectivity index (χ4n) is 1.74. The number of carboxylic acids is 1. The second kappa shape index (κ2) is 4.25. The van der Waals surface area contributed by atoms with Crippen molar-refractivity contribution in [2.45, 2.75) is 24.9 Å². The third-order valence-corrected chi connectivity index (χ3v) is 3.74. The molecule has 1 aliphatic rings. The maximum absolute atomic E-state index is 11.9. The molecule has 0 bridgehead atoms. The molecule has 1 aliphatic heterocycles. The van der Waals surface area contributed by atoms with Crippen molar-refractivity contribution in [3.05, 3.63) is 27.5 Å². The number of hydrogen-bond donors (Lipinski definition) is 2. The van der Waals surface area contributed by atoms with Gasteiger partial charge in [0, 0.05) is 24.7 Å². The molecule has 0 amide bonds. The van der Waals surface area contributed by atoms with E-state index in [2.05, 4.69) is 5.10 Å². The predicted molar refractivity (Wildman–Crippen MR) is 64.5 cm³/mol. The van der Waals surface area contributed by atoms with Crippen molar-refractivity contribution >= 4 is 22.8 Å². The van der Waals surface area contributed by atoms with E-state index in [-0.39, 0.29) is 5.56 Å². The molecule has 0 unspecified atom stereocenters. The van der Waals surface area contributed by atoms with Crippen LogP contribution in [0.1, 0.15) is 22.8 Å². The first-order valence-corrected chi connectivity index (χ1v) is 5.84. The van der Waals surface area contributed by atoms with E-state index in [9.17, 15) is 9.59 Å². The number of nitrogens with zero attached hydrogens (tertiary/aromatic N) is 2. The minimum absolute atomic E-state index is 0.204.